The largest absolute Gasteiger partial charge is 0.480 e. The molecule has 2 rings (SSSR count). The van der Waals surface area contributed by atoms with Crippen molar-refractivity contribution in [1.82, 2.24) is 4.90 Å². The van der Waals surface area contributed by atoms with E-state index < -0.39 is 12.0 Å². The molecule has 1 N–H and O–H groups in total. The van der Waals surface area contributed by atoms with Crippen LogP contribution < -0.4 is 0 Å². The summed E-state index contributed by atoms with van der Waals surface area (Å²) < 4.78 is 0. The van der Waals surface area contributed by atoms with Crippen molar-refractivity contribution in [3.05, 3.63) is 34.3 Å². The zero-order valence-electron chi connectivity index (χ0n) is 11.4. The number of halogens is 1. The van der Waals surface area contributed by atoms with Gasteiger partial charge in [-0.25, -0.2) is 4.79 Å². The minimum absolute atomic E-state index is 0.245. The van der Waals surface area contributed by atoms with Crippen LogP contribution in [-0.4, -0.2) is 34.5 Å². The molecule has 1 heterocycles. The van der Waals surface area contributed by atoms with E-state index in [4.69, 9.17) is 11.6 Å². The van der Waals surface area contributed by atoms with Crippen molar-refractivity contribution in [3.63, 3.8) is 0 Å². The average Bonchev–Trinajstić information content (AvgIpc) is 2.62. The zero-order chi connectivity index (χ0) is 14.7. The Bertz CT molecular complexity index is 510. The number of amides is 1. The van der Waals surface area contributed by atoms with Gasteiger partial charge in [-0.05, 0) is 43.5 Å². The number of rotatable bonds is 2. The van der Waals surface area contributed by atoms with Crippen molar-refractivity contribution in [2.75, 3.05) is 6.54 Å². The summed E-state index contributed by atoms with van der Waals surface area (Å²) in [6.45, 7) is 2.35. The number of hydrogen-bond donors (Lipinski definition) is 1. The predicted octanol–water partition coefficient (Wildman–Crippen LogP) is 3.12. The van der Waals surface area contributed by atoms with Crippen molar-refractivity contribution in [3.8, 4) is 0 Å². The van der Waals surface area contributed by atoms with Gasteiger partial charge in [0.15, 0.2) is 0 Å². The smallest absolute Gasteiger partial charge is 0.326 e. The first kappa shape index (κ1) is 14.9. The SMILES string of the molecule is Cc1cc(Cl)cc(C(=O)N2CCCCCC2C(=O)O)c1. The fourth-order valence-corrected chi connectivity index (χ4v) is 2.92. The molecule has 0 aromatic heterocycles. The van der Waals surface area contributed by atoms with Gasteiger partial charge in [-0.1, -0.05) is 24.4 Å². The van der Waals surface area contributed by atoms with Gasteiger partial charge in [-0.2, -0.15) is 0 Å². The van der Waals surface area contributed by atoms with Gasteiger partial charge >= 0.3 is 5.97 Å². The van der Waals surface area contributed by atoms with E-state index in [0.29, 0.717) is 23.6 Å². The quantitative estimate of drug-likeness (QED) is 0.912. The van der Waals surface area contributed by atoms with Gasteiger partial charge in [0.1, 0.15) is 6.04 Å². The number of carbonyl (C=O) groups is 2. The summed E-state index contributed by atoms with van der Waals surface area (Å²) in [5, 5.41) is 9.81. The first-order chi connectivity index (χ1) is 9.49. The number of nitrogens with zero attached hydrogens (tertiary/aromatic N) is 1. The summed E-state index contributed by atoms with van der Waals surface area (Å²) in [5.41, 5.74) is 1.35. The number of benzene rings is 1. The molecule has 1 unspecified atom stereocenters. The molecule has 5 heteroatoms. The molecule has 1 saturated heterocycles. The van der Waals surface area contributed by atoms with Gasteiger partial charge < -0.3 is 10.0 Å². The van der Waals surface area contributed by atoms with Crippen LogP contribution in [0.25, 0.3) is 0 Å². The van der Waals surface area contributed by atoms with E-state index in [0.717, 1.165) is 24.8 Å². The van der Waals surface area contributed by atoms with Crippen LogP contribution in [-0.2, 0) is 4.79 Å². The highest BCUT2D eigenvalue weighted by molar-refractivity contribution is 6.31. The lowest BCUT2D eigenvalue weighted by Gasteiger charge is -2.27. The van der Waals surface area contributed by atoms with Gasteiger partial charge in [-0.15, -0.1) is 0 Å². The number of aryl methyl sites for hydroxylation is 1. The maximum Gasteiger partial charge on any atom is 0.326 e. The van der Waals surface area contributed by atoms with Gasteiger partial charge in [0.25, 0.3) is 5.91 Å². The van der Waals surface area contributed by atoms with Crippen LogP contribution in [0.4, 0.5) is 0 Å². The third-order valence-electron chi connectivity index (χ3n) is 3.59. The molecule has 0 bridgehead atoms. The summed E-state index contributed by atoms with van der Waals surface area (Å²) in [4.78, 5) is 25.4. The average molecular weight is 296 g/mol. The van der Waals surface area contributed by atoms with Crippen LogP contribution in [0.2, 0.25) is 5.02 Å². The molecule has 20 heavy (non-hydrogen) atoms. The molecule has 1 fully saturated rings. The monoisotopic (exact) mass is 295 g/mol. The molecule has 1 aromatic rings. The predicted molar refractivity (Wildman–Crippen MR) is 77.1 cm³/mol. The lowest BCUT2D eigenvalue weighted by Crippen LogP contribution is -2.44. The fourth-order valence-electron chi connectivity index (χ4n) is 2.63. The number of carbonyl (C=O) groups excluding carboxylic acids is 1. The Labute approximate surface area is 123 Å². The highest BCUT2D eigenvalue weighted by Gasteiger charge is 2.31. The topological polar surface area (TPSA) is 57.6 Å². The highest BCUT2D eigenvalue weighted by atomic mass is 35.5. The Balaban J connectivity index is 2.30. The Morgan fingerprint density at radius 2 is 2.00 bits per heavy atom. The minimum atomic E-state index is -0.931. The summed E-state index contributed by atoms with van der Waals surface area (Å²) in [7, 11) is 0. The lowest BCUT2D eigenvalue weighted by molar-refractivity contribution is -0.142. The summed E-state index contributed by atoms with van der Waals surface area (Å²) in [6.07, 6.45) is 3.16. The second-order valence-corrected chi connectivity index (χ2v) is 5.66. The van der Waals surface area contributed by atoms with Crippen LogP contribution in [0.15, 0.2) is 18.2 Å². The van der Waals surface area contributed by atoms with Gasteiger partial charge in [0, 0.05) is 17.1 Å². The molecule has 0 spiro atoms. The van der Waals surface area contributed by atoms with Crippen LogP contribution in [0.3, 0.4) is 0 Å². The van der Waals surface area contributed by atoms with Gasteiger partial charge in [0.05, 0.1) is 0 Å². The van der Waals surface area contributed by atoms with Crippen molar-refractivity contribution >= 4 is 23.5 Å². The second kappa shape index (κ2) is 6.27. The third kappa shape index (κ3) is 3.31. The second-order valence-electron chi connectivity index (χ2n) is 5.22. The van der Waals surface area contributed by atoms with Gasteiger partial charge in [-0.3, -0.25) is 4.79 Å². The summed E-state index contributed by atoms with van der Waals surface area (Å²) >= 11 is 5.98. The Hall–Kier alpha value is -1.55. The maximum absolute atomic E-state index is 12.6. The normalized spacial score (nSPS) is 19.5. The lowest BCUT2D eigenvalue weighted by atomic mass is 10.1. The molecule has 108 valence electrons. The molecule has 0 saturated carbocycles. The molecule has 1 aromatic carbocycles. The van der Waals surface area contributed by atoms with Crippen molar-refractivity contribution in [2.45, 2.75) is 38.6 Å². The van der Waals surface area contributed by atoms with E-state index in [2.05, 4.69) is 0 Å². The third-order valence-corrected chi connectivity index (χ3v) is 3.81. The number of aliphatic carboxylic acids is 1. The van der Waals surface area contributed by atoms with Crippen LogP contribution >= 0.6 is 11.6 Å². The standard InChI is InChI=1S/C15H18ClNO3/c1-10-7-11(9-12(16)8-10)14(18)17-6-4-2-3-5-13(17)15(19)20/h7-9,13H,2-6H2,1H3,(H,19,20). The van der Waals surface area contributed by atoms with Crippen LogP contribution in [0.1, 0.15) is 41.6 Å². The molecule has 4 nitrogen and oxygen atoms in total. The first-order valence-corrected chi connectivity index (χ1v) is 7.18. The summed E-state index contributed by atoms with van der Waals surface area (Å²) in [5.74, 6) is -1.18. The summed E-state index contributed by atoms with van der Waals surface area (Å²) in [6, 6.07) is 4.39. The Kier molecular flexibility index (Phi) is 4.65. The van der Waals surface area contributed by atoms with Crippen LogP contribution in [0.5, 0.6) is 0 Å². The Morgan fingerprint density at radius 1 is 1.25 bits per heavy atom. The number of hydrogen-bond acceptors (Lipinski definition) is 2. The molecule has 1 amide bonds. The minimum Gasteiger partial charge on any atom is -0.480 e. The fraction of sp³-hybridized carbons (Fsp3) is 0.467. The number of likely N-dealkylation sites (tertiary alicyclic amines) is 1. The molecular weight excluding hydrogens is 278 g/mol. The van der Waals surface area contributed by atoms with Crippen molar-refractivity contribution < 1.29 is 14.7 Å². The molecule has 1 aliphatic heterocycles. The molecule has 1 aliphatic rings. The van der Waals surface area contributed by atoms with Gasteiger partial charge in [0.2, 0.25) is 0 Å². The van der Waals surface area contributed by atoms with E-state index in [1.54, 1.807) is 18.2 Å². The van der Waals surface area contributed by atoms with E-state index in [1.807, 2.05) is 6.92 Å². The molecule has 0 radical (unpaired) electrons. The number of carboxylic acids is 1. The first-order valence-electron chi connectivity index (χ1n) is 6.80. The Morgan fingerprint density at radius 3 is 2.65 bits per heavy atom. The van der Waals surface area contributed by atoms with E-state index in [-0.39, 0.29) is 5.91 Å². The highest BCUT2D eigenvalue weighted by Crippen LogP contribution is 2.22. The van der Waals surface area contributed by atoms with Crippen molar-refractivity contribution in [1.29, 1.82) is 0 Å². The van der Waals surface area contributed by atoms with E-state index >= 15 is 0 Å². The maximum atomic E-state index is 12.6. The molecular formula is C15H18ClNO3. The molecule has 1 atom stereocenters. The van der Waals surface area contributed by atoms with Crippen molar-refractivity contribution in [2.24, 2.45) is 0 Å². The van der Waals surface area contributed by atoms with E-state index in [1.165, 1.54) is 4.90 Å². The zero-order valence-corrected chi connectivity index (χ0v) is 12.2. The van der Waals surface area contributed by atoms with E-state index in [9.17, 15) is 14.7 Å². The van der Waals surface area contributed by atoms with Crippen LogP contribution in [0, 0.1) is 6.92 Å². The number of carboxylic acid groups (broad SMARTS) is 1. The molecule has 0 aliphatic carbocycles.